The van der Waals surface area contributed by atoms with E-state index in [2.05, 4.69) is 6.58 Å². The lowest BCUT2D eigenvalue weighted by molar-refractivity contribution is 0.0686. The van der Waals surface area contributed by atoms with Crippen molar-refractivity contribution in [3.63, 3.8) is 0 Å². The minimum absolute atomic E-state index is 0.170. The lowest BCUT2D eigenvalue weighted by Crippen LogP contribution is -2.25. The van der Waals surface area contributed by atoms with E-state index >= 15 is 4.39 Å². The van der Waals surface area contributed by atoms with E-state index in [9.17, 15) is 27.5 Å². The lowest BCUT2D eigenvalue weighted by atomic mass is 9.67. The fraction of sp³-hybridized carbons (Fsp3) is 0.464. The molecule has 0 unspecified atom stereocenters. The molecule has 0 bridgehead atoms. The number of allylic oxidation sites excluding steroid dienone is 1. The van der Waals surface area contributed by atoms with Gasteiger partial charge in [-0.05, 0) is 111 Å². The van der Waals surface area contributed by atoms with Crippen LogP contribution in [0.25, 0.3) is 11.1 Å². The zero-order chi connectivity index (χ0) is 25.3. The molecule has 2 aliphatic carbocycles. The topological polar surface area (TPSA) is 37.3 Å². The van der Waals surface area contributed by atoms with Gasteiger partial charge in [-0.3, -0.25) is 0 Å². The molecule has 0 radical (unpaired) electrons. The van der Waals surface area contributed by atoms with Crippen LogP contribution in [0.15, 0.2) is 30.9 Å². The molecule has 0 amide bonds. The molecule has 2 aromatic carbocycles. The zero-order valence-electron chi connectivity index (χ0n) is 19.4. The highest BCUT2D eigenvalue weighted by atomic mass is 19.2. The van der Waals surface area contributed by atoms with E-state index in [4.69, 9.17) is 0 Å². The first-order chi connectivity index (χ1) is 16.7. The first kappa shape index (κ1) is 25.4. The van der Waals surface area contributed by atoms with Gasteiger partial charge in [0.2, 0.25) is 0 Å². The first-order valence-corrected chi connectivity index (χ1v) is 12.2. The van der Waals surface area contributed by atoms with Crippen molar-refractivity contribution in [1.82, 2.24) is 0 Å². The van der Waals surface area contributed by atoms with Gasteiger partial charge in [-0.25, -0.2) is 26.7 Å². The van der Waals surface area contributed by atoms with Crippen molar-refractivity contribution >= 4 is 5.97 Å². The maximum Gasteiger partial charge on any atom is 0.341 e. The third-order valence-electron chi connectivity index (χ3n) is 8.00. The summed E-state index contributed by atoms with van der Waals surface area (Å²) in [6.07, 6.45) is 10.6. The second kappa shape index (κ2) is 10.5. The second-order valence-electron chi connectivity index (χ2n) is 9.99. The number of rotatable bonds is 6. The Kier molecular flexibility index (Phi) is 7.62. The molecule has 0 spiro atoms. The van der Waals surface area contributed by atoms with E-state index in [0.717, 1.165) is 38.2 Å². The van der Waals surface area contributed by atoms with Crippen molar-refractivity contribution in [2.24, 2.45) is 17.8 Å². The minimum Gasteiger partial charge on any atom is -0.477 e. The molecule has 35 heavy (non-hydrogen) atoms. The van der Waals surface area contributed by atoms with Crippen LogP contribution in [0.3, 0.4) is 0 Å². The Morgan fingerprint density at radius 3 is 1.89 bits per heavy atom. The maximum absolute atomic E-state index is 15.3. The summed E-state index contributed by atoms with van der Waals surface area (Å²) in [5, 5.41) is 9.31. The van der Waals surface area contributed by atoms with Crippen molar-refractivity contribution in [3.05, 3.63) is 71.1 Å². The lowest BCUT2D eigenvalue weighted by Gasteiger charge is -2.38. The summed E-state index contributed by atoms with van der Waals surface area (Å²) in [6, 6.07) is 2.21. The van der Waals surface area contributed by atoms with Crippen LogP contribution in [-0.2, 0) is 0 Å². The van der Waals surface area contributed by atoms with Gasteiger partial charge in [-0.1, -0.05) is 6.08 Å². The van der Waals surface area contributed by atoms with Crippen molar-refractivity contribution in [3.8, 4) is 11.1 Å². The van der Waals surface area contributed by atoms with Crippen LogP contribution < -0.4 is 0 Å². The van der Waals surface area contributed by atoms with Gasteiger partial charge in [0.15, 0.2) is 17.5 Å². The Balaban J connectivity index is 1.62. The Bertz CT molecular complexity index is 1090. The second-order valence-corrected chi connectivity index (χ2v) is 9.99. The van der Waals surface area contributed by atoms with Gasteiger partial charge in [-0.15, -0.1) is 6.58 Å². The maximum atomic E-state index is 15.3. The predicted octanol–water partition coefficient (Wildman–Crippen LogP) is 8.40. The zero-order valence-corrected chi connectivity index (χ0v) is 19.4. The predicted molar refractivity (Wildman–Crippen MR) is 124 cm³/mol. The summed E-state index contributed by atoms with van der Waals surface area (Å²) in [6.45, 7) is 3.82. The number of halogens is 5. The number of hydrogen-bond donors (Lipinski definition) is 1. The normalized spacial score (nSPS) is 24.8. The first-order valence-electron chi connectivity index (χ1n) is 12.2. The molecule has 4 rings (SSSR count). The monoisotopic (exact) mass is 492 g/mol. The molecule has 0 heterocycles. The Morgan fingerprint density at radius 2 is 1.37 bits per heavy atom. The summed E-state index contributed by atoms with van der Waals surface area (Å²) >= 11 is 0. The average Bonchev–Trinajstić information content (AvgIpc) is 2.82. The molecule has 0 aliphatic heterocycles. The molecular formula is C28H29F5O2. The van der Waals surface area contributed by atoms with Crippen molar-refractivity contribution < 1.29 is 31.9 Å². The summed E-state index contributed by atoms with van der Waals surface area (Å²) in [5.74, 6) is -7.72. The molecule has 1 N–H and O–H groups in total. The Hall–Kier alpha value is -2.70. The Labute approximate surface area is 201 Å². The van der Waals surface area contributed by atoms with E-state index in [1.54, 1.807) is 0 Å². The Morgan fingerprint density at radius 1 is 0.829 bits per heavy atom. The summed E-state index contributed by atoms with van der Waals surface area (Å²) in [5.41, 5.74) is -1.75. The van der Waals surface area contributed by atoms with E-state index in [0.29, 0.717) is 42.7 Å². The van der Waals surface area contributed by atoms with E-state index < -0.39 is 40.6 Å². The third-order valence-corrected chi connectivity index (χ3v) is 8.00. The van der Waals surface area contributed by atoms with Gasteiger partial charge >= 0.3 is 5.97 Å². The number of hydrogen-bond acceptors (Lipinski definition) is 1. The highest BCUT2D eigenvalue weighted by Crippen LogP contribution is 2.47. The quantitative estimate of drug-likeness (QED) is 0.250. The number of carboxylic acids is 1. The fourth-order valence-corrected chi connectivity index (χ4v) is 6.18. The molecule has 0 aromatic heterocycles. The smallest absolute Gasteiger partial charge is 0.341 e. The van der Waals surface area contributed by atoms with Crippen molar-refractivity contribution in [2.75, 3.05) is 0 Å². The number of carbonyl (C=O) groups is 1. The van der Waals surface area contributed by atoms with Gasteiger partial charge in [0.05, 0.1) is 0 Å². The highest BCUT2D eigenvalue weighted by molar-refractivity contribution is 5.91. The van der Waals surface area contributed by atoms with Crippen LogP contribution in [0.2, 0.25) is 0 Å². The van der Waals surface area contributed by atoms with Gasteiger partial charge in [0.25, 0.3) is 0 Å². The number of benzene rings is 2. The van der Waals surface area contributed by atoms with Crippen LogP contribution in [-0.4, -0.2) is 11.1 Å². The summed E-state index contributed by atoms with van der Waals surface area (Å²) in [7, 11) is 0. The molecule has 2 nitrogen and oxygen atoms in total. The van der Waals surface area contributed by atoms with E-state index in [-0.39, 0.29) is 22.6 Å². The van der Waals surface area contributed by atoms with Crippen LogP contribution in [0.5, 0.6) is 0 Å². The molecule has 2 aliphatic rings. The van der Waals surface area contributed by atoms with Crippen LogP contribution in [0.1, 0.15) is 79.6 Å². The van der Waals surface area contributed by atoms with Crippen LogP contribution in [0.4, 0.5) is 22.0 Å². The molecular weight excluding hydrogens is 463 g/mol. The summed E-state index contributed by atoms with van der Waals surface area (Å²) < 4.78 is 71.5. The van der Waals surface area contributed by atoms with Crippen LogP contribution >= 0.6 is 0 Å². The SMILES string of the molecule is C=CC[C@H]1CC[C@H](C2CCC(c3cc(F)c(C(=O)O)c(F)c3-c3cc(F)c(F)c(F)c3)CC2)CC1. The van der Waals surface area contributed by atoms with Crippen molar-refractivity contribution in [2.45, 2.75) is 63.7 Å². The largest absolute Gasteiger partial charge is 0.477 e. The fourth-order valence-electron chi connectivity index (χ4n) is 6.18. The van der Waals surface area contributed by atoms with Gasteiger partial charge in [0, 0.05) is 5.56 Å². The number of aromatic carboxylic acids is 1. The van der Waals surface area contributed by atoms with E-state index in [1.807, 2.05) is 6.08 Å². The molecule has 188 valence electrons. The van der Waals surface area contributed by atoms with E-state index in [1.165, 1.54) is 12.8 Å². The number of carboxylic acid groups (broad SMARTS) is 1. The van der Waals surface area contributed by atoms with Gasteiger partial charge in [-0.2, -0.15) is 0 Å². The molecule has 2 saturated carbocycles. The standard InChI is InChI=1S/C28H29F5O2/c1-2-3-15-4-6-16(7-5-15)17-8-10-18(11-9-17)20-14-21(29)25(28(34)35)27(33)24(20)19-12-22(30)26(32)23(31)13-19/h2,12-18H,1,3-11H2,(H,34,35)/t15-,16-,17?,18?. The van der Waals surface area contributed by atoms with Crippen molar-refractivity contribution in [1.29, 1.82) is 0 Å². The third kappa shape index (κ3) is 5.14. The van der Waals surface area contributed by atoms with Gasteiger partial charge < -0.3 is 5.11 Å². The molecule has 2 aromatic rings. The molecule has 0 atom stereocenters. The molecule has 0 saturated heterocycles. The highest BCUT2D eigenvalue weighted by Gasteiger charge is 2.34. The van der Waals surface area contributed by atoms with Crippen LogP contribution in [0, 0.1) is 46.8 Å². The molecule has 7 heteroatoms. The minimum atomic E-state index is -1.83. The summed E-state index contributed by atoms with van der Waals surface area (Å²) in [4.78, 5) is 11.5. The average molecular weight is 493 g/mol. The van der Waals surface area contributed by atoms with Gasteiger partial charge in [0.1, 0.15) is 17.2 Å². The molecule has 2 fully saturated rings.